The molecule has 0 bridgehead atoms. The first-order valence-electron chi connectivity index (χ1n) is 15.5. The zero-order valence-electron chi connectivity index (χ0n) is 25.0. The van der Waals surface area contributed by atoms with Crippen LogP contribution in [0, 0.1) is 5.82 Å². The Bertz CT molecular complexity index is 1550. The predicted octanol–water partition coefficient (Wildman–Crippen LogP) is 5.27. The summed E-state index contributed by atoms with van der Waals surface area (Å²) >= 11 is 0. The minimum absolute atomic E-state index is 0.0289. The van der Waals surface area contributed by atoms with Crippen LogP contribution in [0.4, 0.5) is 4.39 Å². The first-order chi connectivity index (χ1) is 21.5. The number of benzene rings is 3. The highest BCUT2D eigenvalue weighted by atomic mass is 19.1. The number of piperidine rings is 1. The maximum Gasteiger partial charge on any atom is 0.257 e. The smallest absolute Gasteiger partial charge is 0.257 e. The first-order valence-corrected chi connectivity index (χ1v) is 15.5. The average Bonchev–Trinajstić information content (AvgIpc) is 3.74. The van der Waals surface area contributed by atoms with Crippen LogP contribution in [0.2, 0.25) is 0 Å². The lowest BCUT2D eigenvalue weighted by atomic mass is 9.90. The number of rotatable bonds is 10. The summed E-state index contributed by atoms with van der Waals surface area (Å²) in [6.07, 6.45) is 5.13. The quantitative estimate of drug-likeness (QED) is 0.149. The minimum atomic E-state index is -0.297. The predicted molar refractivity (Wildman–Crippen MR) is 171 cm³/mol. The third-order valence-electron chi connectivity index (χ3n) is 8.86. The number of amidine groups is 1. The lowest BCUT2D eigenvalue weighted by Crippen LogP contribution is -2.37. The molecule has 9 heteroatoms. The second-order valence-corrected chi connectivity index (χ2v) is 11.8. The Labute approximate surface area is 258 Å². The molecule has 3 heterocycles. The van der Waals surface area contributed by atoms with Crippen molar-refractivity contribution in [3.8, 4) is 5.69 Å². The van der Waals surface area contributed by atoms with E-state index in [0.29, 0.717) is 36.8 Å². The van der Waals surface area contributed by atoms with E-state index in [-0.39, 0.29) is 17.6 Å². The molecule has 0 radical (unpaired) electrons. The molecule has 6 rings (SSSR count). The summed E-state index contributed by atoms with van der Waals surface area (Å²) in [5, 5.41) is 9.03. The van der Waals surface area contributed by atoms with E-state index in [9.17, 15) is 9.18 Å². The molecule has 1 atom stereocenters. The molecule has 4 aromatic rings. The largest absolute Gasteiger partial charge is 0.386 e. The van der Waals surface area contributed by atoms with E-state index in [1.807, 2.05) is 33.8 Å². The molecule has 0 aliphatic carbocycles. The zero-order valence-corrected chi connectivity index (χ0v) is 25.0. The molecule has 3 N–H and O–H groups in total. The molecule has 8 nitrogen and oxygen atoms in total. The number of hydrogen-bond donors (Lipinski definition) is 2. The number of aromatic nitrogens is 2. The Morgan fingerprint density at radius 2 is 1.59 bits per heavy atom. The summed E-state index contributed by atoms with van der Waals surface area (Å²) in [6.45, 7) is 4.66. The second-order valence-electron chi connectivity index (χ2n) is 11.8. The van der Waals surface area contributed by atoms with Crippen LogP contribution in [0.5, 0.6) is 0 Å². The zero-order chi connectivity index (χ0) is 30.3. The summed E-state index contributed by atoms with van der Waals surface area (Å²) < 4.78 is 15.6. The highest BCUT2D eigenvalue weighted by Gasteiger charge is 2.34. The number of likely N-dealkylation sites (tertiary alicyclic amines) is 2. The number of amides is 1. The van der Waals surface area contributed by atoms with Crippen molar-refractivity contribution in [2.24, 2.45) is 10.8 Å². The van der Waals surface area contributed by atoms with Crippen molar-refractivity contribution in [1.29, 1.82) is 0 Å². The van der Waals surface area contributed by atoms with Crippen LogP contribution in [0.3, 0.4) is 0 Å². The Morgan fingerprint density at radius 3 is 2.32 bits per heavy atom. The maximum absolute atomic E-state index is 14.0. The summed E-state index contributed by atoms with van der Waals surface area (Å²) in [6, 6.07) is 26.9. The van der Waals surface area contributed by atoms with Crippen molar-refractivity contribution in [2.45, 2.75) is 44.1 Å². The van der Waals surface area contributed by atoms with Crippen molar-refractivity contribution in [3.63, 3.8) is 0 Å². The molecule has 3 aromatic carbocycles. The molecular weight excluding hydrogens is 553 g/mol. The Morgan fingerprint density at radius 1 is 0.909 bits per heavy atom. The van der Waals surface area contributed by atoms with Gasteiger partial charge in [0.15, 0.2) is 0 Å². The van der Waals surface area contributed by atoms with Gasteiger partial charge < -0.3 is 21.0 Å². The van der Waals surface area contributed by atoms with Gasteiger partial charge in [-0.25, -0.2) is 9.07 Å². The number of hydrazone groups is 1. The van der Waals surface area contributed by atoms with E-state index < -0.39 is 0 Å². The summed E-state index contributed by atoms with van der Waals surface area (Å²) in [7, 11) is 0. The summed E-state index contributed by atoms with van der Waals surface area (Å²) in [5.74, 6) is 0.812. The van der Waals surface area contributed by atoms with E-state index in [4.69, 9.17) is 5.73 Å². The molecule has 44 heavy (non-hydrogen) atoms. The Kier molecular flexibility index (Phi) is 9.31. The van der Waals surface area contributed by atoms with E-state index in [1.165, 1.54) is 17.7 Å². The number of nitrogens with one attached hydrogen (secondary N) is 1. The van der Waals surface area contributed by atoms with E-state index in [1.54, 1.807) is 18.3 Å². The van der Waals surface area contributed by atoms with Gasteiger partial charge in [0.25, 0.3) is 5.91 Å². The third-order valence-corrected chi connectivity index (χ3v) is 8.86. The van der Waals surface area contributed by atoms with Crippen LogP contribution in [0.15, 0.2) is 96.2 Å². The number of carbonyl (C=O) groups is 1. The van der Waals surface area contributed by atoms with Gasteiger partial charge in [0.1, 0.15) is 11.7 Å². The summed E-state index contributed by atoms with van der Waals surface area (Å²) in [5.41, 5.74) is 14.0. The molecule has 228 valence electrons. The van der Waals surface area contributed by atoms with Crippen LogP contribution in [0.25, 0.3) is 5.69 Å². The molecule has 2 aliphatic rings. The van der Waals surface area contributed by atoms with Gasteiger partial charge in [-0.3, -0.25) is 4.79 Å². The first kappa shape index (κ1) is 29.6. The van der Waals surface area contributed by atoms with Crippen LogP contribution in [0.1, 0.15) is 64.7 Å². The van der Waals surface area contributed by atoms with Gasteiger partial charge in [-0.2, -0.15) is 10.2 Å². The number of halogens is 1. The highest BCUT2D eigenvalue weighted by molar-refractivity contribution is 5.95. The van der Waals surface area contributed by atoms with Crippen molar-refractivity contribution in [3.05, 3.63) is 119 Å². The summed E-state index contributed by atoms with van der Waals surface area (Å²) in [4.78, 5) is 18.3. The van der Waals surface area contributed by atoms with Crippen LogP contribution in [-0.4, -0.2) is 64.0 Å². The Balaban J connectivity index is 1.11. The minimum Gasteiger partial charge on any atom is -0.386 e. The topological polar surface area (TPSA) is 91.8 Å². The van der Waals surface area contributed by atoms with Crippen LogP contribution >= 0.6 is 0 Å². The molecule has 1 unspecified atom stereocenters. The van der Waals surface area contributed by atoms with Gasteiger partial charge in [-0.15, -0.1) is 0 Å². The highest BCUT2D eigenvalue weighted by Crippen LogP contribution is 2.34. The SMILES string of the molecule is N/C(CCN1CCC(c2c(C(=O)N3CCC(c4ccccc4)C3)cnn2-c2ccc(F)cc2)CC1)=N\NCc1ccccc1. The van der Waals surface area contributed by atoms with Crippen molar-refractivity contribution in [2.75, 3.05) is 32.7 Å². The molecule has 0 spiro atoms. The van der Waals surface area contributed by atoms with Crippen LogP contribution in [-0.2, 0) is 6.54 Å². The number of nitrogens with two attached hydrogens (primary N) is 1. The van der Waals surface area contributed by atoms with Crippen molar-refractivity contribution < 1.29 is 9.18 Å². The fourth-order valence-corrected chi connectivity index (χ4v) is 6.40. The Hall–Kier alpha value is -4.50. The van der Waals surface area contributed by atoms with Gasteiger partial charge in [0, 0.05) is 37.9 Å². The lowest BCUT2D eigenvalue weighted by molar-refractivity contribution is 0.0788. The number of hydrogen-bond acceptors (Lipinski definition) is 5. The van der Waals surface area contributed by atoms with Gasteiger partial charge in [0.05, 0.1) is 29.7 Å². The van der Waals surface area contributed by atoms with E-state index >= 15 is 0 Å². The molecular formula is C35H40FN7O. The van der Waals surface area contributed by atoms with Gasteiger partial charge >= 0.3 is 0 Å². The fourth-order valence-electron chi connectivity index (χ4n) is 6.40. The average molecular weight is 594 g/mol. The number of carbonyl (C=O) groups excluding carboxylic acids is 1. The van der Waals surface area contributed by atoms with E-state index in [0.717, 1.165) is 62.4 Å². The standard InChI is InChI=1S/C35H40FN7O/c36-30-11-13-31(14-12-30)43-34(32(24-39-43)35(44)42-22-17-29(25-42)27-9-5-2-6-10-27)28-15-19-41(20-16-28)21-18-33(37)40-38-23-26-7-3-1-4-8-26/h1-14,24,28-29,38H,15-23,25H2,(H2,37,40). The second kappa shape index (κ2) is 13.9. The fraction of sp³-hybridized carbons (Fsp3) is 0.343. The van der Waals surface area contributed by atoms with Crippen LogP contribution < -0.4 is 11.2 Å². The van der Waals surface area contributed by atoms with Gasteiger partial charge in [0.2, 0.25) is 0 Å². The maximum atomic E-state index is 14.0. The molecule has 2 saturated heterocycles. The molecule has 1 amide bonds. The normalized spacial score (nSPS) is 18.1. The monoisotopic (exact) mass is 593 g/mol. The molecule has 2 aliphatic heterocycles. The van der Waals surface area contributed by atoms with Gasteiger partial charge in [-0.05, 0) is 67.7 Å². The third kappa shape index (κ3) is 7.00. The van der Waals surface area contributed by atoms with Crippen molar-refractivity contribution in [1.82, 2.24) is 25.0 Å². The molecule has 0 saturated carbocycles. The lowest BCUT2D eigenvalue weighted by Gasteiger charge is -2.32. The molecule has 2 fully saturated rings. The van der Waals surface area contributed by atoms with Crippen molar-refractivity contribution >= 4 is 11.7 Å². The number of nitrogens with zero attached hydrogens (tertiary/aromatic N) is 5. The van der Waals surface area contributed by atoms with Gasteiger partial charge in [-0.1, -0.05) is 60.7 Å². The molecule has 1 aromatic heterocycles. The van der Waals surface area contributed by atoms with E-state index in [2.05, 4.69) is 56.9 Å².